The first kappa shape index (κ1) is 9.75. The molecular weight excluding hydrogens is 291 g/mol. The third kappa shape index (κ3) is 2.08. The van der Waals surface area contributed by atoms with E-state index in [-0.39, 0.29) is 12.2 Å². The molecule has 0 spiro atoms. The van der Waals surface area contributed by atoms with Gasteiger partial charge in [0.1, 0.15) is 5.82 Å². The van der Waals surface area contributed by atoms with E-state index in [0.29, 0.717) is 14.2 Å². The summed E-state index contributed by atoms with van der Waals surface area (Å²) in [6.07, 6.45) is 0.145. The summed E-state index contributed by atoms with van der Waals surface area (Å²) in [5, 5.41) is 8.86. The fourth-order valence-corrected chi connectivity index (χ4v) is 1.64. The van der Waals surface area contributed by atoms with E-state index in [2.05, 4.69) is 0 Å². The zero-order valence-corrected chi connectivity index (χ0v) is 8.86. The first-order valence-corrected chi connectivity index (χ1v) is 4.61. The molecule has 0 bridgehead atoms. The molecule has 0 unspecified atom stereocenters. The highest BCUT2D eigenvalue weighted by Gasteiger charge is 2.06. The van der Waals surface area contributed by atoms with Gasteiger partial charge in [-0.2, -0.15) is 5.26 Å². The average Bonchev–Trinajstić information content (AvgIpc) is 2.00. The lowest BCUT2D eigenvalue weighted by Crippen LogP contribution is -1.89. The number of benzene rings is 1. The Morgan fingerprint density at radius 3 is 2.83 bits per heavy atom. The van der Waals surface area contributed by atoms with Crippen LogP contribution in [0.5, 0.6) is 0 Å². The van der Waals surface area contributed by atoms with Crippen molar-refractivity contribution in [1.29, 1.82) is 5.26 Å². The molecule has 1 aromatic rings. The predicted octanol–water partition coefficient (Wildman–Crippen LogP) is 3.15. The molecule has 0 saturated heterocycles. The van der Waals surface area contributed by atoms with Gasteiger partial charge < -0.3 is 0 Å². The zero-order valence-electron chi connectivity index (χ0n) is 5.94. The standard InChI is InChI=1S/C8H4ClFIN/c9-8-5(1-2-12)3-6(10)4-7(8)11/h3-4H,1H2. The zero-order chi connectivity index (χ0) is 9.14. The number of hydrogen-bond donors (Lipinski definition) is 0. The van der Waals surface area contributed by atoms with E-state index in [9.17, 15) is 4.39 Å². The summed E-state index contributed by atoms with van der Waals surface area (Å²) in [5.74, 6) is -0.353. The van der Waals surface area contributed by atoms with Gasteiger partial charge in [-0.25, -0.2) is 4.39 Å². The maximum atomic E-state index is 12.8. The highest BCUT2D eigenvalue weighted by Crippen LogP contribution is 2.24. The van der Waals surface area contributed by atoms with Crippen LogP contribution in [0.1, 0.15) is 5.56 Å². The SMILES string of the molecule is N#CCc1cc(F)cc(I)c1Cl. The molecule has 62 valence electrons. The van der Waals surface area contributed by atoms with E-state index in [1.165, 1.54) is 12.1 Å². The Labute approximate surface area is 88.3 Å². The molecule has 0 saturated carbocycles. The van der Waals surface area contributed by atoms with Crippen molar-refractivity contribution in [2.45, 2.75) is 6.42 Å². The number of hydrogen-bond acceptors (Lipinski definition) is 1. The maximum Gasteiger partial charge on any atom is 0.124 e. The van der Waals surface area contributed by atoms with Gasteiger partial charge >= 0.3 is 0 Å². The number of halogens is 3. The van der Waals surface area contributed by atoms with Gasteiger partial charge in [0, 0.05) is 3.57 Å². The van der Waals surface area contributed by atoms with Crippen LogP contribution in [0.4, 0.5) is 4.39 Å². The Morgan fingerprint density at radius 2 is 2.25 bits per heavy atom. The molecule has 0 amide bonds. The van der Waals surface area contributed by atoms with Gasteiger partial charge in [-0.3, -0.25) is 0 Å². The van der Waals surface area contributed by atoms with Crippen molar-refractivity contribution in [2.75, 3.05) is 0 Å². The van der Waals surface area contributed by atoms with Crippen LogP contribution in [0.3, 0.4) is 0 Å². The first-order valence-electron chi connectivity index (χ1n) is 3.15. The van der Waals surface area contributed by atoms with Crippen LogP contribution < -0.4 is 0 Å². The Morgan fingerprint density at radius 1 is 1.58 bits per heavy atom. The molecule has 0 radical (unpaired) electrons. The van der Waals surface area contributed by atoms with E-state index in [4.69, 9.17) is 16.9 Å². The molecule has 0 aromatic heterocycles. The highest BCUT2D eigenvalue weighted by molar-refractivity contribution is 14.1. The third-order valence-corrected chi connectivity index (χ3v) is 2.95. The first-order chi connectivity index (χ1) is 5.65. The van der Waals surface area contributed by atoms with Crippen LogP contribution in [0.25, 0.3) is 0 Å². The van der Waals surface area contributed by atoms with Crippen molar-refractivity contribution in [3.05, 3.63) is 32.1 Å². The third-order valence-electron chi connectivity index (χ3n) is 1.34. The second kappa shape index (κ2) is 4.06. The van der Waals surface area contributed by atoms with Crippen molar-refractivity contribution in [3.63, 3.8) is 0 Å². The van der Waals surface area contributed by atoms with Gasteiger partial charge in [0.25, 0.3) is 0 Å². The minimum atomic E-state index is -0.353. The second-order valence-corrected chi connectivity index (χ2v) is 3.74. The molecule has 1 aromatic carbocycles. The van der Waals surface area contributed by atoms with Crippen LogP contribution in [0.15, 0.2) is 12.1 Å². The minimum absolute atomic E-state index is 0.145. The molecule has 0 N–H and O–H groups in total. The Hall–Kier alpha value is -0.340. The van der Waals surface area contributed by atoms with Crippen molar-refractivity contribution < 1.29 is 4.39 Å². The maximum absolute atomic E-state index is 12.8. The van der Waals surface area contributed by atoms with Gasteiger partial charge in [0.2, 0.25) is 0 Å². The smallest absolute Gasteiger partial charge is 0.124 e. The molecule has 0 fully saturated rings. The van der Waals surface area contributed by atoms with E-state index < -0.39 is 0 Å². The lowest BCUT2D eigenvalue weighted by atomic mass is 10.2. The molecule has 1 nitrogen and oxygen atoms in total. The lowest BCUT2D eigenvalue weighted by Gasteiger charge is -2.01. The van der Waals surface area contributed by atoms with Crippen LogP contribution >= 0.6 is 34.2 Å². The summed E-state index contributed by atoms with van der Waals surface area (Å²) >= 11 is 7.75. The molecule has 0 atom stereocenters. The molecule has 0 aliphatic carbocycles. The van der Waals surface area contributed by atoms with Crippen molar-refractivity contribution in [2.24, 2.45) is 0 Å². The molecule has 12 heavy (non-hydrogen) atoms. The van der Waals surface area contributed by atoms with Crippen LogP contribution in [-0.2, 0) is 6.42 Å². The monoisotopic (exact) mass is 295 g/mol. The van der Waals surface area contributed by atoms with Gasteiger partial charge in [-0.05, 0) is 40.3 Å². The van der Waals surface area contributed by atoms with E-state index in [1.54, 1.807) is 0 Å². The average molecular weight is 295 g/mol. The molecule has 0 heterocycles. The quantitative estimate of drug-likeness (QED) is 0.577. The number of rotatable bonds is 1. The van der Waals surface area contributed by atoms with E-state index in [0.717, 1.165) is 0 Å². The molecule has 0 aliphatic rings. The fraction of sp³-hybridized carbons (Fsp3) is 0.125. The molecule has 1 rings (SSSR count). The van der Waals surface area contributed by atoms with Gasteiger partial charge in [-0.1, -0.05) is 11.6 Å². The molecule has 0 aliphatic heterocycles. The summed E-state index contributed by atoms with van der Waals surface area (Å²) in [7, 11) is 0. The largest absolute Gasteiger partial charge is 0.207 e. The van der Waals surface area contributed by atoms with E-state index >= 15 is 0 Å². The summed E-state index contributed by atoms with van der Waals surface area (Å²) in [4.78, 5) is 0. The molecule has 4 heteroatoms. The predicted molar refractivity (Wildman–Crippen MR) is 53.4 cm³/mol. The number of nitriles is 1. The highest BCUT2D eigenvalue weighted by atomic mass is 127. The topological polar surface area (TPSA) is 23.8 Å². The second-order valence-electron chi connectivity index (χ2n) is 2.20. The number of nitrogens with zero attached hydrogens (tertiary/aromatic N) is 1. The van der Waals surface area contributed by atoms with Crippen molar-refractivity contribution in [1.82, 2.24) is 0 Å². The molecular formula is C8H4ClFIN. The van der Waals surface area contributed by atoms with Crippen LogP contribution in [-0.4, -0.2) is 0 Å². The van der Waals surface area contributed by atoms with Crippen LogP contribution in [0, 0.1) is 20.7 Å². The van der Waals surface area contributed by atoms with E-state index in [1.807, 2.05) is 28.7 Å². The lowest BCUT2D eigenvalue weighted by molar-refractivity contribution is 0.625. The summed E-state index contributed by atoms with van der Waals surface area (Å²) in [5.41, 5.74) is 0.545. The van der Waals surface area contributed by atoms with Gasteiger partial charge in [0.15, 0.2) is 0 Å². The summed E-state index contributed by atoms with van der Waals surface area (Å²) in [6.45, 7) is 0. The van der Waals surface area contributed by atoms with Gasteiger partial charge in [-0.15, -0.1) is 0 Å². The fourth-order valence-electron chi connectivity index (χ4n) is 0.823. The summed E-state index contributed by atoms with van der Waals surface area (Å²) < 4.78 is 13.4. The van der Waals surface area contributed by atoms with Crippen molar-refractivity contribution in [3.8, 4) is 6.07 Å². The van der Waals surface area contributed by atoms with Crippen LogP contribution in [0.2, 0.25) is 5.02 Å². The Balaban J connectivity index is 3.20. The van der Waals surface area contributed by atoms with Crippen molar-refractivity contribution >= 4 is 34.2 Å². The Kier molecular flexibility index (Phi) is 3.29. The Bertz CT molecular complexity index is 346. The van der Waals surface area contributed by atoms with Gasteiger partial charge in [0.05, 0.1) is 17.5 Å². The normalized spacial score (nSPS) is 9.50. The summed E-state index contributed by atoms with van der Waals surface area (Å²) in [6, 6.07) is 4.55. The minimum Gasteiger partial charge on any atom is -0.207 e.